The number of ether oxygens (including phenoxy) is 2. The highest BCUT2D eigenvalue weighted by Gasteiger charge is 2.23. The van der Waals surface area contributed by atoms with Gasteiger partial charge < -0.3 is 19.6 Å². The van der Waals surface area contributed by atoms with Crippen molar-refractivity contribution in [2.24, 2.45) is 11.1 Å². The van der Waals surface area contributed by atoms with E-state index in [0.29, 0.717) is 43.9 Å². The minimum Gasteiger partial charge on any atom is -0.493 e. The molecule has 0 aromatic heterocycles. The normalized spacial score (nSPS) is 15.2. The van der Waals surface area contributed by atoms with Crippen molar-refractivity contribution < 1.29 is 23.9 Å². The third kappa shape index (κ3) is 5.83. The van der Waals surface area contributed by atoms with Crippen molar-refractivity contribution >= 4 is 23.8 Å². The number of fused-ring (bicyclic) bond motifs is 1. The zero-order valence-electron chi connectivity index (χ0n) is 17.2. The van der Waals surface area contributed by atoms with Gasteiger partial charge >= 0.3 is 5.97 Å². The lowest BCUT2D eigenvalue weighted by Gasteiger charge is -2.25. The maximum atomic E-state index is 12.6. The largest absolute Gasteiger partial charge is 0.493 e. The Morgan fingerprint density at radius 1 is 1.17 bits per heavy atom. The van der Waals surface area contributed by atoms with Gasteiger partial charge in [0.05, 0.1) is 25.8 Å². The van der Waals surface area contributed by atoms with Crippen LogP contribution in [0.25, 0.3) is 0 Å². The Morgan fingerprint density at radius 3 is 2.70 bits per heavy atom. The average molecular weight is 410 g/mol. The summed E-state index contributed by atoms with van der Waals surface area (Å²) in [4.78, 5) is 29.2. The smallest absolute Gasteiger partial charge is 0.306 e. The molecular weight excluding hydrogens is 384 g/mol. The third-order valence-corrected chi connectivity index (χ3v) is 4.64. The van der Waals surface area contributed by atoms with Gasteiger partial charge in [-0.2, -0.15) is 0 Å². The van der Waals surface area contributed by atoms with E-state index < -0.39 is 0 Å². The highest BCUT2D eigenvalue weighted by Crippen LogP contribution is 2.31. The number of amides is 1. The van der Waals surface area contributed by atoms with Gasteiger partial charge in [-0.05, 0) is 61.7 Å². The molecule has 1 N–H and O–H groups in total. The molecule has 1 unspecified atom stereocenters. The molecule has 2 aromatic carbocycles. The van der Waals surface area contributed by atoms with Crippen molar-refractivity contribution in [3.63, 3.8) is 0 Å². The number of carbonyl (C=O) groups is 2. The molecule has 1 aliphatic rings. The first kappa shape index (κ1) is 21.4. The quantitative estimate of drug-likeness (QED) is 0.406. The summed E-state index contributed by atoms with van der Waals surface area (Å²) in [6, 6.07) is 12.6. The minimum absolute atomic E-state index is 0.0633. The van der Waals surface area contributed by atoms with E-state index in [2.05, 4.69) is 10.5 Å². The van der Waals surface area contributed by atoms with Gasteiger partial charge in [-0.25, -0.2) is 0 Å². The first-order valence-electron chi connectivity index (χ1n) is 10.1. The fourth-order valence-electron chi connectivity index (χ4n) is 3.22. The number of oxime groups is 1. The fraction of sp³-hybridized carbons (Fsp3) is 0.348. The number of nitrogens with zero attached hydrogens (tertiary/aromatic N) is 1. The van der Waals surface area contributed by atoms with Crippen molar-refractivity contribution in [2.75, 3.05) is 25.1 Å². The molecule has 0 aliphatic carbocycles. The van der Waals surface area contributed by atoms with E-state index >= 15 is 0 Å². The van der Waals surface area contributed by atoms with Gasteiger partial charge in [0.2, 0.25) is 0 Å². The third-order valence-electron chi connectivity index (χ3n) is 4.64. The van der Waals surface area contributed by atoms with E-state index in [1.165, 1.54) is 0 Å². The van der Waals surface area contributed by atoms with Crippen LogP contribution in [0.1, 0.15) is 41.8 Å². The maximum Gasteiger partial charge on any atom is 0.306 e. The van der Waals surface area contributed by atoms with Crippen molar-refractivity contribution in [3.05, 3.63) is 59.2 Å². The standard InChI is InChI=1S/C23H26N2O5/c1-3-28-22(26)12-17-11-19-13-20(9-10-21(19)29-15-17)25-23(27)18-7-5-16(6-8-18)14-24-30-4-2/h5-10,13-14,17H,3-4,11-12,15H2,1-2H3,(H,25,27). The van der Waals surface area contributed by atoms with Gasteiger partial charge in [0.15, 0.2) is 0 Å². The van der Waals surface area contributed by atoms with Crippen LogP contribution in [0.5, 0.6) is 5.75 Å². The Morgan fingerprint density at radius 2 is 1.97 bits per heavy atom. The molecule has 1 aliphatic heterocycles. The number of benzene rings is 2. The predicted octanol–water partition coefficient (Wildman–Crippen LogP) is 3.81. The SMILES string of the molecule is CCON=Cc1ccc(C(=O)Nc2ccc3c(c2)CC(CC(=O)OCC)CO3)cc1. The molecule has 30 heavy (non-hydrogen) atoms. The van der Waals surface area contributed by atoms with E-state index in [0.717, 1.165) is 16.9 Å². The van der Waals surface area contributed by atoms with Crippen molar-refractivity contribution in [2.45, 2.75) is 26.7 Å². The Hall–Kier alpha value is -3.35. The molecule has 1 heterocycles. The Balaban J connectivity index is 1.62. The van der Waals surface area contributed by atoms with Crippen molar-refractivity contribution in [1.82, 2.24) is 0 Å². The number of hydrogen-bond acceptors (Lipinski definition) is 6. The molecule has 7 nitrogen and oxygen atoms in total. The maximum absolute atomic E-state index is 12.6. The molecule has 0 bridgehead atoms. The van der Waals surface area contributed by atoms with Crippen LogP contribution in [0.2, 0.25) is 0 Å². The average Bonchev–Trinajstić information content (AvgIpc) is 2.74. The zero-order chi connectivity index (χ0) is 21.3. The fourth-order valence-corrected chi connectivity index (χ4v) is 3.22. The molecule has 1 atom stereocenters. The highest BCUT2D eigenvalue weighted by molar-refractivity contribution is 6.04. The van der Waals surface area contributed by atoms with E-state index in [1.54, 1.807) is 37.4 Å². The molecule has 0 spiro atoms. The van der Waals surface area contributed by atoms with Crippen LogP contribution in [0.4, 0.5) is 5.69 Å². The van der Waals surface area contributed by atoms with Gasteiger partial charge in [0.1, 0.15) is 12.4 Å². The Kier molecular flexibility index (Phi) is 7.43. The molecule has 0 radical (unpaired) electrons. The Labute approximate surface area is 176 Å². The first-order chi connectivity index (χ1) is 14.6. The van der Waals surface area contributed by atoms with E-state index in [1.807, 2.05) is 25.1 Å². The van der Waals surface area contributed by atoms with Crippen LogP contribution in [-0.2, 0) is 20.8 Å². The monoisotopic (exact) mass is 410 g/mol. The van der Waals surface area contributed by atoms with Crippen LogP contribution >= 0.6 is 0 Å². The van der Waals surface area contributed by atoms with Gasteiger partial charge in [-0.1, -0.05) is 17.3 Å². The summed E-state index contributed by atoms with van der Waals surface area (Å²) in [7, 11) is 0. The number of nitrogens with one attached hydrogen (secondary N) is 1. The molecule has 0 saturated heterocycles. The summed E-state index contributed by atoms with van der Waals surface area (Å²) in [5.74, 6) is 0.427. The lowest BCUT2D eigenvalue weighted by Crippen LogP contribution is -2.24. The summed E-state index contributed by atoms with van der Waals surface area (Å²) in [6.07, 6.45) is 2.62. The topological polar surface area (TPSA) is 86.2 Å². The minimum atomic E-state index is -0.214. The van der Waals surface area contributed by atoms with E-state index in [4.69, 9.17) is 14.3 Å². The highest BCUT2D eigenvalue weighted by atomic mass is 16.6. The Bertz CT molecular complexity index is 908. The number of rotatable bonds is 8. The van der Waals surface area contributed by atoms with Crippen LogP contribution in [0, 0.1) is 5.92 Å². The molecule has 3 rings (SSSR count). The van der Waals surface area contributed by atoms with Crippen LogP contribution in [-0.4, -0.2) is 37.9 Å². The first-order valence-corrected chi connectivity index (χ1v) is 10.1. The number of anilines is 1. The second kappa shape index (κ2) is 10.4. The summed E-state index contributed by atoms with van der Waals surface area (Å²) >= 11 is 0. The summed E-state index contributed by atoms with van der Waals surface area (Å²) in [5.41, 5.74) is 3.04. The van der Waals surface area contributed by atoms with E-state index in [-0.39, 0.29) is 17.8 Å². The van der Waals surface area contributed by atoms with Gasteiger partial charge in [-0.3, -0.25) is 9.59 Å². The summed E-state index contributed by atoms with van der Waals surface area (Å²) in [5, 5.41) is 6.72. The molecule has 0 fully saturated rings. The van der Waals surface area contributed by atoms with Gasteiger partial charge in [-0.15, -0.1) is 0 Å². The number of hydrogen-bond donors (Lipinski definition) is 1. The van der Waals surface area contributed by atoms with Gasteiger partial charge in [0, 0.05) is 17.2 Å². The second-order valence-electron chi connectivity index (χ2n) is 6.94. The summed E-state index contributed by atoms with van der Waals surface area (Å²) in [6.45, 7) is 5.02. The lowest BCUT2D eigenvalue weighted by atomic mass is 9.93. The second-order valence-corrected chi connectivity index (χ2v) is 6.94. The van der Waals surface area contributed by atoms with Crippen LogP contribution in [0.3, 0.4) is 0 Å². The van der Waals surface area contributed by atoms with Crippen LogP contribution < -0.4 is 10.1 Å². The molecular formula is C23H26N2O5. The number of carbonyl (C=O) groups excluding carboxylic acids is 2. The van der Waals surface area contributed by atoms with E-state index in [9.17, 15) is 9.59 Å². The molecule has 0 saturated carbocycles. The van der Waals surface area contributed by atoms with Crippen molar-refractivity contribution in [1.29, 1.82) is 0 Å². The van der Waals surface area contributed by atoms with Crippen LogP contribution in [0.15, 0.2) is 47.6 Å². The van der Waals surface area contributed by atoms with Gasteiger partial charge in [0.25, 0.3) is 5.91 Å². The lowest BCUT2D eigenvalue weighted by molar-refractivity contribution is -0.144. The molecule has 1 amide bonds. The molecule has 2 aromatic rings. The predicted molar refractivity (Wildman–Crippen MR) is 114 cm³/mol. The molecule has 158 valence electrons. The van der Waals surface area contributed by atoms with Crippen molar-refractivity contribution in [3.8, 4) is 5.75 Å². The summed E-state index contributed by atoms with van der Waals surface area (Å²) < 4.78 is 10.8. The zero-order valence-corrected chi connectivity index (χ0v) is 17.2. The number of esters is 1. The molecule has 7 heteroatoms.